The molecule has 0 aliphatic rings. The Labute approximate surface area is 184 Å². The minimum atomic E-state index is 0.0894. The van der Waals surface area contributed by atoms with Gasteiger partial charge in [0, 0.05) is 23.8 Å². The van der Waals surface area contributed by atoms with Gasteiger partial charge in [0.2, 0.25) is 0 Å². The van der Waals surface area contributed by atoms with E-state index in [0.29, 0.717) is 16.6 Å². The second-order valence-corrected chi connectivity index (χ2v) is 6.57. The van der Waals surface area contributed by atoms with Gasteiger partial charge in [-0.05, 0) is 48.7 Å². The van der Waals surface area contributed by atoms with Crippen LogP contribution in [0.3, 0.4) is 0 Å². The van der Waals surface area contributed by atoms with E-state index in [1.165, 1.54) is 12.4 Å². The molecule has 30 heavy (non-hydrogen) atoms. The van der Waals surface area contributed by atoms with E-state index in [-0.39, 0.29) is 10.9 Å². The second kappa shape index (κ2) is 10.6. The monoisotopic (exact) mass is 437 g/mol. The summed E-state index contributed by atoms with van der Waals surface area (Å²) in [6.45, 7) is 0. The van der Waals surface area contributed by atoms with Crippen LogP contribution in [0.15, 0.2) is 78.2 Å². The number of nitrogens with zero attached hydrogens (tertiary/aromatic N) is 3. The average Bonchev–Trinajstić information content (AvgIpc) is 2.77. The molecule has 0 saturated carbocycles. The van der Waals surface area contributed by atoms with Crippen LogP contribution in [0.4, 0.5) is 17.2 Å². The van der Waals surface area contributed by atoms with E-state index in [2.05, 4.69) is 42.0 Å². The molecule has 2 aromatic carbocycles. The Morgan fingerprint density at radius 1 is 0.800 bits per heavy atom. The third kappa shape index (κ3) is 6.36. The van der Waals surface area contributed by atoms with Crippen LogP contribution in [0.25, 0.3) is 0 Å². The van der Waals surface area contributed by atoms with Crippen molar-refractivity contribution in [1.29, 1.82) is 0 Å². The van der Waals surface area contributed by atoms with Crippen LogP contribution in [0.5, 0.6) is 0 Å². The zero-order chi connectivity index (χ0) is 21.2. The Morgan fingerprint density at radius 2 is 1.37 bits per heavy atom. The first-order chi connectivity index (χ1) is 14.6. The predicted octanol–water partition coefficient (Wildman–Crippen LogP) is 2.40. The number of anilines is 3. The van der Waals surface area contributed by atoms with Gasteiger partial charge in [-0.15, -0.1) is 0 Å². The van der Waals surface area contributed by atoms with E-state index in [9.17, 15) is 0 Å². The van der Waals surface area contributed by atoms with Crippen LogP contribution in [0.1, 0.15) is 5.69 Å². The number of aromatic nitrogens is 2. The molecule has 0 amide bonds. The Morgan fingerprint density at radius 3 is 2.00 bits per heavy atom. The number of nitrogens with two attached hydrogens (primary N) is 1. The van der Waals surface area contributed by atoms with Gasteiger partial charge in [0.05, 0.1) is 0 Å². The van der Waals surface area contributed by atoms with E-state index in [0.717, 1.165) is 11.4 Å². The molecule has 11 heteroatoms. The summed E-state index contributed by atoms with van der Waals surface area (Å²) in [4.78, 5) is 8.43. The Kier molecular flexibility index (Phi) is 7.41. The minimum Gasteiger partial charge on any atom is -0.380 e. The van der Waals surface area contributed by atoms with Crippen molar-refractivity contribution in [2.45, 2.75) is 0 Å². The highest BCUT2D eigenvalue weighted by molar-refractivity contribution is 7.80. The smallest absolute Gasteiger partial charge is 0.191 e. The van der Waals surface area contributed by atoms with Crippen molar-refractivity contribution in [3.63, 3.8) is 0 Å². The van der Waals surface area contributed by atoms with Crippen LogP contribution in [-0.2, 0) is 0 Å². The topological polar surface area (TPSA) is 124 Å². The van der Waals surface area contributed by atoms with Gasteiger partial charge in [-0.1, -0.05) is 36.4 Å². The van der Waals surface area contributed by atoms with Gasteiger partial charge < -0.3 is 16.4 Å². The van der Waals surface area contributed by atoms with E-state index >= 15 is 0 Å². The largest absolute Gasteiger partial charge is 0.380 e. The summed E-state index contributed by atoms with van der Waals surface area (Å²) < 4.78 is 0. The van der Waals surface area contributed by atoms with Crippen molar-refractivity contribution in [3.05, 3.63) is 78.8 Å². The summed E-state index contributed by atoms with van der Waals surface area (Å²) in [5.41, 5.74) is 16.4. The number of nitrogens with one attached hydrogen (secondary N) is 5. The number of hydrogen-bond donors (Lipinski definition) is 6. The third-order valence-corrected chi connectivity index (χ3v) is 3.97. The highest BCUT2D eigenvalue weighted by Crippen LogP contribution is 2.08. The molecule has 0 fully saturated rings. The summed E-state index contributed by atoms with van der Waals surface area (Å²) in [6, 6.07) is 19.0. The Bertz CT molecular complexity index is 1030. The maximum atomic E-state index is 6.05. The molecule has 1 heterocycles. The van der Waals surface area contributed by atoms with Gasteiger partial charge in [0.1, 0.15) is 0 Å². The summed E-state index contributed by atoms with van der Waals surface area (Å²) >= 11 is 10.5. The van der Waals surface area contributed by atoms with E-state index in [1.807, 2.05) is 60.7 Å². The molecule has 1 aromatic heterocycles. The molecule has 0 spiro atoms. The van der Waals surface area contributed by atoms with Gasteiger partial charge in [-0.2, -0.15) is 5.10 Å². The zero-order valence-electron chi connectivity index (χ0n) is 15.7. The van der Waals surface area contributed by atoms with Gasteiger partial charge in [-0.3, -0.25) is 16.3 Å². The first-order valence-corrected chi connectivity index (χ1v) is 9.58. The molecule has 152 valence electrons. The lowest BCUT2D eigenvalue weighted by molar-refractivity contribution is 1.02. The Hall–Kier alpha value is -3.83. The maximum absolute atomic E-state index is 6.05. The number of rotatable bonds is 6. The van der Waals surface area contributed by atoms with Crippen LogP contribution >= 0.6 is 24.4 Å². The fourth-order valence-corrected chi connectivity index (χ4v) is 2.59. The fourth-order valence-electron chi connectivity index (χ4n) is 2.26. The van der Waals surface area contributed by atoms with E-state index < -0.39 is 0 Å². The summed E-state index contributed by atoms with van der Waals surface area (Å²) in [7, 11) is 0. The number of para-hydroxylation sites is 2. The standard InChI is InChI=1S/C19H19N9S2/c20-16(25-27-18(29)23-13-7-3-1-4-8-13)15-17(22-12-11-21-15)26-28-19(30)24-14-9-5-2-6-10-14/h1-12H,(H2,20,25)(H,22,26)(H2,23,27,29)(H2,24,28,30). The molecular weight excluding hydrogens is 418 g/mol. The number of thiocarbonyl (C=S) groups is 2. The summed E-state index contributed by atoms with van der Waals surface area (Å²) in [6.07, 6.45) is 3.02. The number of hydrogen-bond acceptors (Lipinski definition) is 6. The number of hydrazine groups is 1. The van der Waals surface area contributed by atoms with Crippen LogP contribution < -0.4 is 32.6 Å². The highest BCUT2D eigenvalue weighted by atomic mass is 32.1. The van der Waals surface area contributed by atoms with Crippen molar-refractivity contribution in [1.82, 2.24) is 20.8 Å². The Balaban J connectivity index is 1.58. The molecule has 0 atom stereocenters. The molecular formula is C19H19N9S2. The quantitative estimate of drug-likeness (QED) is 0.148. The zero-order valence-corrected chi connectivity index (χ0v) is 17.3. The van der Waals surface area contributed by atoms with Crippen molar-refractivity contribution >= 4 is 57.7 Å². The number of benzene rings is 2. The predicted molar refractivity (Wildman–Crippen MR) is 128 cm³/mol. The summed E-state index contributed by atoms with van der Waals surface area (Å²) in [5, 5.41) is 10.7. The van der Waals surface area contributed by atoms with Crippen LogP contribution in [-0.4, -0.2) is 26.0 Å². The lowest BCUT2D eigenvalue weighted by Crippen LogP contribution is -2.35. The second-order valence-electron chi connectivity index (χ2n) is 5.75. The molecule has 0 bridgehead atoms. The lowest BCUT2D eigenvalue weighted by Gasteiger charge is -2.14. The van der Waals surface area contributed by atoms with Crippen LogP contribution in [0, 0.1) is 0 Å². The van der Waals surface area contributed by atoms with Crippen molar-refractivity contribution < 1.29 is 0 Å². The molecule has 0 radical (unpaired) electrons. The van der Waals surface area contributed by atoms with E-state index in [4.69, 9.17) is 30.2 Å². The fraction of sp³-hybridized carbons (Fsp3) is 0. The van der Waals surface area contributed by atoms with Crippen LogP contribution in [0.2, 0.25) is 0 Å². The molecule has 0 unspecified atom stereocenters. The first-order valence-electron chi connectivity index (χ1n) is 8.76. The average molecular weight is 438 g/mol. The van der Waals surface area contributed by atoms with Gasteiger partial charge >= 0.3 is 0 Å². The van der Waals surface area contributed by atoms with Crippen molar-refractivity contribution in [2.24, 2.45) is 10.8 Å². The maximum Gasteiger partial charge on any atom is 0.191 e. The molecule has 9 nitrogen and oxygen atoms in total. The number of amidine groups is 1. The highest BCUT2D eigenvalue weighted by Gasteiger charge is 2.10. The lowest BCUT2D eigenvalue weighted by atomic mass is 10.3. The summed E-state index contributed by atoms with van der Waals surface area (Å²) in [5.74, 6) is 0.436. The van der Waals surface area contributed by atoms with Gasteiger partial charge in [0.25, 0.3) is 0 Å². The van der Waals surface area contributed by atoms with E-state index in [1.54, 1.807) is 0 Å². The van der Waals surface area contributed by atoms with Gasteiger partial charge in [-0.25, -0.2) is 9.97 Å². The SMILES string of the molecule is N/C(=N\NC(=S)Nc1ccccc1)c1nccnc1NNC(=S)Nc1ccccc1. The molecule has 0 saturated heterocycles. The first kappa shape index (κ1) is 20.9. The molecule has 0 aliphatic carbocycles. The van der Waals surface area contributed by atoms with Crippen molar-refractivity contribution in [2.75, 3.05) is 16.1 Å². The van der Waals surface area contributed by atoms with Gasteiger partial charge in [0.15, 0.2) is 27.6 Å². The third-order valence-electron chi connectivity index (χ3n) is 3.58. The molecule has 7 N–H and O–H groups in total. The number of hydrazone groups is 1. The molecule has 3 aromatic rings. The normalized spacial score (nSPS) is 10.6. The molecule has 3 rings (SSSR count). The van der Waals surface area contributed by atoms with Crippen molar-refractivity contribution in [3.8, 4) is 0 Å². The molecule has 0 aliphatic heterocycles. The minimum absolute atomic E-state index is 0.0894.